The van der Waals surface area contributed by atoms with E-state index in [-0.39, 0.29) is 23.9 Å². The van der Waals surface area contributed by atoms with E-state index in [1.165, 1.54) is 0 Å². The summed E-state index contributed by atoms with van der Waals surface area (Å²) in [5, 5.41) is 3.69. The van der Waals surface area contributed by atoms with Crippen LogP contribution in [0.2, 0.25) is 0 Å². The number of amides is 2. The number of methoxy groups -OCH3 is 3. The van der Waals surface area contributed by atoms with Gasteiger partial charge in [-0.1, -0.05) is 12.1 Å². The zero-order valence-electron chi connectivity index (χ0n) is 26.5. The van der Waals surface area contributed by atoms with Crippen LogP contribution in [0.15, 0.2) is 42.5 Å². The smallest absolute Gasteiger partial charge is 0.254 e. The standard InChI is InChI=1S/C34H49N3O6/c1-24(2)37(34(39)26-9-16-31(42-5)32(22-26)43-20-6-19-40-3)29-11-10-27(35-23-29)17-18-36(28-12-13-28)33(38)21-25-7-14-30(41-4)15-8-25/h7-9,14-16,22,24,27-29,35H,6,10-13,17-21,23H2,1-5H3/t27-,29?/m1/s1. The second-order valence-electron chi connectivity index (χ2n) is 11.8. The Kier molecular flexibility index (Phi) is 12.1. The van der Waals surface area contributed by atoms with Crippen molar-refractivity contribution >= 4 is 11.8 Å². The number of piperidine rings is 1. The van der Waals surface area contributed by atoms with Gasteiger partial charge >= 0.3 is 0 Å². The molecule has 1 saturated carbocycles. The van der Waals surface area contributed by atoms with Gasteiger partial charge in [0.25, 0.3) is 5.91 Å². The number of ether oxygens (including phenoxy) is 4. The average Bonchev–Trinajstić information content (AvgIpc) is 3.86. The molecule has 0 radical (unpaired) electrons. The van der Waals surface area contributed by atoms with Gasteiger partial charge in [-0.2, -0.15) is 0 Å². The summed E-state index contributed by atoms with van der Waals surface area (Å²) in [6, 6.07) is 14.0. The normalized spacial score (nSPS) is 18.3. The zero-order chi connectivity index (χ0) is 30.8. The highest BCUT2D eigenvalue weighted by Gasteiger charge is 2.34. The van der Waals surface area contributed by atoms with Crippen LogP contribution < -0.4 is 19.5 Å². The molecule has 1 heterocycles. The molecule has 2 aromatic rings. The number of hydrogen-bond donors (Lipinski definition) is 1. The minimum Gasteiger partial charge on any atom is -0.497 e. The third-order valence-electron chi connectivity index (χ3n) is 8.38. The molecule has 0 aromatic heterocycles. The summed E-state index contributed by atoms with van der Waals surface area (Å²) in [6.07, 6.45) is 6.13. The number of benzene rings is 2. The van der Waals surface area contributed by atoms with Crippen molar-refractivity contribution in [1.29, 1.82) is 0 Å². The fraction of sp³-hybridized carbons (Fsp3) is 0.588. The van der Waals surface area contributed by atoms with Gasteiger partial charge in [-0.05, 0) is 81.8 Å². The number of carbonyl (C=O) groups excluding carboxylic acids is 2. The van der Waals surface area contributed by atoms with Crippen molar-refractivity contribution < 1.29 is 28.5 Å². The lowest BCUT2D eigenvalue weighted by atomic mass is 9.95. The summed E-state index contributed by atoms with van der Waals surface area (Å²) in [5.41, 5.74) is 1.60. The molecule has 2 aliphatic rings. The van der Waals surface area contributed by atoms with E-state index in [1.54, 1.807) is 33.5 Å². The molecule has 1 unspecified atom stereocenters. The largest absolute Gasteiger partial charge is 0.497 e. The SMILES string of the molecule is COCCCOc1cc(C(=O)N(C(C)C)C2CC[C@H](CCN(C(=O)Cc3ccc(OC)cc3)C3CC3)NC2)ccc1OC. The van der Waals surface area contributed by atoms with Gasteiger partial charge < -0.3 is 34.1 Å². The fourth-order valence-electron chi connectivity index (χ4n) is 5.87. The molecule has 9 nitrogen and oxygen atoms in total. The van der Waals surface area contributed by atoms with Crippen LogP contribution in [0.5, 0.6) is 17.2 Å². The highest BCUT2D eigenvalue weighted by molar-refractivity contribution is 5.95. The maximum atomic E-state index is 13.8. The van der Waals surface area contributed by atoms with E-state index in [9.17, 15) is 9.59 Å². The molecule has 0 bridgehead atoms. The minimum absolute atomic E-state index is 0.00585. The first kappa shape index (κ1) is 32.6. The van der Waals surface area contributed by atoms with Crippen LogP contribution in [0, 0.1) is 0 Å². The van der Waals surface area contributed by atoms with E-state index in [2.05, 4.69) is 24.1 Å². The van der Waals surface area contributed by atoms with E-state index >= 15 is 0 Å². The number of hydrogen-bond acceptors (Lipinski definition) is 7. The van der Waals surface area contributed by atoms with Crippen LogP contribution in [0.4, 0.5) is 0 Å². The Morgan fingerprint density at radius 2 is 1.65 bits per heavy atom. The van der Waals surface area contributed by atoms with E-state index in [0.717, 1.165) is 62.9 Å². The van der Waals surface area contributed by atoms with Crippen LogP contribution in [0.1, 0.15) is 68.3 Å². The van der Waals surface area contributed by atoms with Crippen molar-refractivity contribution in [1.82, 2.24) is 15.1 Å². The molecular weight excluding hydrogens is 546 g/mol. The zero-order valence-corrected chi connectivity index (χ0v) is 26.5. The lowest BCUT2D eigenvalue weighted by Crippen LogP contribution is -2.54. The Balaban J connectivity index is 1.31. The lowest BCUT2D eigenvalue weighted by Gasteiger charge is -2.40. The van der Waals surface area contributed by atoms with Crippen molar-refractivity contribution in [3.8, 4) is 17.2 Å². The molecule has 0 spiro atoms. The Labute approximate surface area is 256 Å². The first-order valence-corrected chi connectivity index (χ1v) is 15.6. The number of rotatable bonds is 16. The molecule has 236 valence electrons. The molecule has 2 aromatic carbocycles. The summed E-state index contributed by atoms with van der Waals surface area (Å²) in [6.45, 7) is 6.71. The molecule has 2 atom stereocenters. The number of nitrogens with zero attached hydrogens (tertiary/aromatic N) is 2. The van der Waals surface area contributed by atoms with Crippen LogP contribution in [0.25, 0.3) is 0 Å². The summed E-state index contributed by atoms with van der Waals surface area (Å²) < 4.78 is 21.7. The average molecular weight is 596 g/mol. The van der Waals surface area contributed by atoms with Crippen molar-refractivity contribution in [3.63, 3.8) is 0 Å². The first-order valence-electron chi connectivity index (χ1n) is 15.6. The summed E-state index contributed by atoms with van der Waals surface area (Å²) in [7, 11) is 4.91. The van der Waals surface area contributed by atoms with E-state index < -0.39 is 0 Å². The summed E-state index contributed by atoms with van der Waals surface area (Å²) >= 11 is 0. The van der Waals surface area contributed by atoms with E-state index in [1.807, 2.05) is 35.2 Å². The second kappa shape index (κ2) is 16.0. The molecule has 2 amide bonds. The van der Waals surface area contributed by atoms with Crippen molar-refractivity contribution in [2.75, 3.05) is 47.6 Å². The fourth-order valence-corrected chi connectivity index (χ4v) is 5.87. The minimum atomic E-state index is -0.00585. The van der Waals surface area contributed by atoms with Gasteiger partial charge in [0.15, 0.2) is 11.5 Å². The van der Waals surface area contributed by atoms with Crippen molar-refractivity contribution in [2.24, 2.45) is 0 Å². The molecule has 1 aliphatic carbocycles. The summed E-state index contributed by atoms with van der Waals surface area (Å²) in [4.78, 5) is 31.1. The third kappa shape index (κ3) is 9.10. The molecule has 1 saturated heterocycles. The highest BCUT2D eigenvalue weighted by Crippen LogP contribution is 2.31. The molecule has 1 aliphatic heterocycles. The van der Waals surface area contributed by atoms with Crippen molar-refractivity contribution in [3.05, 3.63) is 53.6 Å². The van der Waals surface area contributed by atoms with E-state index in [4.69, 9.17) is 18.9 Å². The van der Waals surface area contributed by atoms with Crippen molar-refractivity contribution in [2.45, 2.75) is 83.0 Å². The quantitative estimate of drug-likeness (QED) is 0.281. The number of carbonyl (C=O) groups is 2. The predicted molar refractivity (Wildman–Crippen MR) is 167 cm³/mol. The van der Waals surface area contributed by atoms with Crippen LogP contribution in [-0.2, 0) is 16.0 Å². The van der Waals surface area contributed by atoms with Gasteiger partial charge in [0, 0.05) is 63.0 Å². The molecule has 43 heavy (non-hydrogen) atoms. The Morgan fingerprint density at radius 3 is 2.26 bits per heavy atom. The van der Waals surface area contributed by atoms with Gasteiger partial charge in [-0.25, -0.2) is 0 Å². The van der Waals surface area contributed by atoms with Gasteiger partial charge in [-0.15, -0.1) is 0 Å². The Bertz CT molecular complexity index is 1180. The van der Waals surface area contributed by atoms with Gasteiger partial charge in [0.05, 0.1) is 27.2 Å². The maximum absolute atomic E-state index is 13.8. The van der Waals surface area contributed by atoms with Crippen LogP contribution >= 0.6 is 0 Å². The van der Waals surface area contributed by atoms with Gasteiger partial charge in [0.2, 0.25) is 5.91 Å². The molecule has 9 heteroatoms. The molecule has 1 N–H and O–H groups in total. The highest BCUT2D eigenvalue weighted by atomic mass is 16.5. The third-order valence-corrected chi connectivity index (χ3v) is 8.38. The summed E-state index contributed by atoms with van der Waals surface area (Å²) in [5.74, 6) is 2.16. The lowest BCUT2D eigenvalue weighted by molar-refractivity contribution is -0.131. The molecule has 4 rings (SSSR count). The topological polar surface area (TPSA) is 89.6 Å². The van der Waals surface area contributed by atoms with Gasteiger partial charge in [-0.3, -0.25) is 9.59 Å². The molecular formula is C34H49N3O6. The van der Waals surface area contributed by atoms with E-state index in [0.29, 0.717) is 48.8 Å². The Morgan fingerprint density at radius 1 is 0.907 bits per heavy atom. The van der Waals surface area contributed by atoms with Crippen LogP contribution in [0.3, 0.4) is 0 Å². The number of nitrogens with one attached hydrogen (secondary N) is 1. The maximum Gasteiger partial charge on any atom is 0.254 e. The van der Waals surface area contributed by atoms with Gasteiger partial charge in [0.1, 0.15) is 5.75 Å². The predicted octanol–water partition coefficient (Wildman–Crippen LogP) is 4.71. The molecule has 2 fully saturated rings. The monoisotopic (exact) mass is 595 g/mol. The first-order chi connectivity index (χ1) is 20.8. The second-order valence-corrected chi connectivity index (χ2v) is 11.8. The van der Waals surface area contributed by atoms with Crippen LogP contribution in [-0.4, -0.2) is 93.4 Å². The Hall–Kier alpha value is -3.30.